The van der Waals surface area contributed by atoms with Crippen LogP contribution < -0.4 is 39.9 Å². The Bertz CT molecular complexity index is 1950. The molecule has 0 spiro atoms. The van der Waals surface area contributed by atoms with E-state index in [0.29, 0.717) is 85.9 Å². The summed E-state index contributed by atoms with van der Waals surface area (Å²) in [7, 11) is 9.23. The summed E-state index contributed by atoms with van der Waals surface area (Å²) < 4.78 is 36.2. The van der Waals surface area contributed by atoms with E-state index in [1.165, 1.54) is 21.3 Å². The van der Waals surface area contributed by atoms with Gasteiger partial charge in [0.15, 0.2) is 39.4 Å². The Morgan fingerprint density at radius 3 is 1.50 bits per heavy atom. The number of aromatic nitrogens is 10. The second kappa shape index (κ2) is 14.6. The Morgan fingerprint density at radius 1 is 0.604 bits per heavy atom. The average molecular weight is 746 g/mol. The molecule has 6 heterocycles. The highest BCUT2D eigenvalue weighted by Gasteiger charge is 2.21. The minimum Gasteiger partial charge on any atom is -0.491 e. The van der Waals surface area contributed by atoms with E-state index in [9.17, 15) is 0 Å². The van der Waals surface area contributed by atoms with Crippen molar-refractivity contribution in [2.24, 2.45) is 0 Å². The molecule has 0 bridgehead atoms. The highest BCUT2D eigenvalue weighted by atomic mass is 79.9. The summed E-state index contributed by atoms with van der Waals surface area (Å²) in [6.07, 6.45) is 6.37. The molecule has 0 atom stereocenters. The molecular formula is C28H30BrClN12O6. The maximum absolute atomic E-state index is 6.04. The first-order valence-corrected chi connectivity index (χ1v) is 14.9. The van der Waals surface area contributed by atoms with Crippen LogP contribution in [0.25, 0.3) is 22.3 Å². The third kappa shape index (κ3) is 6.54. The lowest BCUT2D eigenvalue weighted by Gasteiger charge is -2.15. The summed E-state index contributed by atoms with van der Waals surface area (Å²) >= 11 is 9.37. The number of methoxy groups -OCH3 is 6. The predicted octanol–water partition coefficient (Wildman–Crippen LogP) is 3.17. The number of nitrogens with two attached hydrogens (primary N) is 2. The molecule has 0 aromatic carbocycles. The van der Waals surface area contributed by atoms with Crippen LogP contribution in [0, 0.1) is 0 Å². The average Bonchev–Trinajstić information content (AvgIpc) is 3.68. The number of anilines is 2. The van der Waals surface area contributed by atoms with Crippen LogP contribution in [0.4, 0.5) is 11.9 Å². The number of fused-ring (bicyclic) bond motifs is 2. The van der Waals surface area contributed by atoms with Gasteiger partial charge in [0, 0.05) is 0 Å². The van der Waals surface area contributed by atoms with Crippen molar-refractivity contribution >= 4 is 61.8 Å². The zero-order chi connectivity index (χ0) is 34.5. The SMILES string of the molecule is COc1cnc(Cn2cnc3c(Br)nc(N)nc32)c(OC)c1OC.COc1cnc(Cn2cnc3c(Cl)nc(N)nc32)c(OC)c1OC. The number of halogens is 2. The van der Waals surface area contributed by atoms with Gasteiger partial charge in [0.05, 0.1) is 80.8 Å². The maximum Gasteiger partial charge on any atom is 0.223 e. The normalized spacial score (nSPS) is 10.8. The van der Waals surface area contributed by atoms with Gasteiger partial charge in [-0.1, -0.05) is 11.6 Å². The van der Waals surface area contributed by atoms with E-state index in [1.54, 1.807) is 55.5 Å². The van der Waals surface area contributed by atoms with Crippen LogP contribution in [0.1, 0.15) is 11.4 Å². The number of nitrogens with zero attached hydrogens (tertiary/aromatic N) is 10. The Morgan fingerprint density at radius 2 is 1.04 bits per heavy atom. The van der Waals surface area contributed by atoms with Crippen molar-refractivity contribution in [2.45, 2.75) is 13.1 Å². The van der Waals surface area contributed by atoms with Gasteiger partial charge in [-0.3, -0.25) is 9.97 Å². The van der Waals surface area contributed by atoms with Crippen LogP contribution in [-0.4, -0.2) is 91.7 Å². The van der Waals surface area contributed by atoms with E-state index in [4.69, 9.17) is 51.5 Å². The Kier molecular flexibility index (Phi) is 10.3. The molecule has 0 amide bonds. The number of hydrogen-bond donors (Lipinski definition) is 2. The summed E-state index contributed by atoms with van der Waals surface area (Å²) in [5.41, 5.74) is 14.8. The van der Waals surface area contributed by atoms with Crippen molar-refractivity contribution < 1.29 is 28.4 Å². The van der Waals surface area contributed by atoms with Crippen molar-refractivity contribution in [1.82, 2.24) is 49.0 Å². The standard InChI is InChI=1S/C14H15BrN6O3.C14H15ClN6O3/c2*1-22-8-4-17-7(10(23-2)11(8)24-3)5-21-6-18-9-12(15)19-14(16)20-13(9)21/h2*4,6H,5H2,1-3H3,(H2,16,19,20). The molecule has 0 saturated heterocycles. The molecule has 0 saturated carbocycles. The molecular weight excluding hydrogens is 716 g/mol. The van der Waals surface area contributed by atoms with Crippen molar-refractivity contribution in [3.8, 4) is 34.5 Å². The van der Waals surface area contributed by atoms with Crippen molar-refractivity contribution in [2.75, 3.05) is 54.1 Å². The lowest BCUT2D eigenvalue weighted by atomic mass is 10.2. The molecule has 0 aliphatic carbocycles. The monoisotopic (exact) mass is 744 g/mol. The van der Waals surface area contributed by atoms with Gasteiger partial charge in [0.25, 0.3) is 0 Å². The summed E-state index contributed by atoms with van der Waals surface area (Å²) in [6.45, 7) is 0.690. The minimum atomic E-state index is 0.0708. The van der Waals surface area contributed by atoms with Crippen LogP contribution in [0.5, 0.6) is 34.5 Å². The van der Waals surface area contributed by atoms with E-state index in [-0.39, 0.29) is 17.0 Å². The molecule has 18 nitrogen and oxygen atoms in total. The van der Waals surface area contributed by atoms with E-state index in [1.807, 2.05) is 0 Å². The lowest BCUT2D eigenvalue weighted by molar-refractivity contribution is 0.318. The first-order chi connectivity index (χ1) is 23.2. The van der Waals surface area contributed by atoms with Gasteiger partial charge in [-0.2, -0.15) is 15.0 Å². The van der Waals surface area contributed by atoms with Gasteiger partial charge >= 0.3 is 0 Å². The molecule has 48 heavy (non-hydrogen) atoms. The second-order valence-electron chi connectivity index (χ2n) is 9.51. The molecule has 0 aliphatic rings. The van der Waals surface area contributed by atoms with Crippen molar-refractivity contribution in [3.05, 3.63) is 46.2 Å². The zero-order valence-corrected chi connectivity index (χ0v) is 28.9. The zero-order valence-electron chi connectivity index (χ0n) is 26.6. The van der Waals surface area contributed by atoms with Gasteiger partial charge in [-0.05, 0) is 15.9 Å². The molecule has 0 fully saturated rings. The first kappa shape index (κ1) is 33.9. The number of pyridine rings is 2. The van der Waals surface area contributed by atoms with Gasteiger partial charge in [0.2, 0.25) is 23.4 Å². The van der Waals surface area contributed by atoms with Gasteiger partial charge in [-0.25, -0.2) is 15.0 Å². The Labute approximate surface area is 286 Å². The van der Waals surface area contributed by atoms with Crippen molar-refractivity contribution in [1.29, 1.82) is 0 Å². The van der Waals surface area contributed by atoms with Crippen LogP contribution in [0.3, 0.4) is 0 Å². The highest BCUT2D eigenvalue weighted by Crippen LogP contribution is 2.40. The first-order valence-electron chi connectivity index (χ1n) is 13.7. The van der Waals surface area contributed by atoms with E-state index in [0.717, 1.165) is 0 Å². The third-order valence-corrected chi connectivity index (χ3v) is 7.65. The molecule has 0 unspecified atom stereocenters. The molecule has 6 aromatic heterocycles. The topological polar surface area (TPSA) is 220 Å². The fraction of sp³-hybridized carbons (Fsp3) is 0.286. The van der Waals surface area contributed by atoms with Crippen LogP contribution in [0.15, 0.2) is 29.7 Å². The summed E-state index contributed by atoms with van der Waals surface area (Å²) in [5, 5.41) is 0.198. The summed E-state index contributed by atoms with van der Waals surface area (Å²) in [5.74, 6) is 3.08. The molecule has 0 aliphatic heterocycles. The molecule has 20 heteroatoms. The van der Waals surface area contributed by atoms with Gasteiger partial charge < -0.3 is 49.0 Å². The van der Waals surface area contributed by atoms with Crippen molar-refractivity contribution in [3.63, 3.8) is 0 Å². The molecule has 0 radical (unpaired) electrons. The Balaban J connectivity index is 0.000000188. The Hall–Kier alpha value is -5.43. The van der Waals surface area contributed by atoms with Crippen LogP contribution in [0.2, 0.25) is 5.15 Å². The quantitative estimate of drug-likeness (QED) is 0.192. The van der Waals surface area contributed by atoms with Crippen LogP contribution in [-0.2, 0) is 13.1 Å². The number of rotatable bonds is 10. The number of ether oxygens (including phenoxy) is 6. The van der Waals surface area contributed by atoms with E-state index in [2.05, 4.69) is 55.8 Å². The van der Waals surface area contributed by atoms with Gasteiger partial charge in [-0.15, -0.1) is 0 Å². The summed E-state index contributed by atoms with van der Waals surface area (Å²) in [6, 6.07) is 0. The fourth-order valence-corrected chi connectivity index (χ4v) is 5.40. The number of nitrogen functional groups attached to an aromatic ring is 2. The summed E-state index contributed by atoms with van der Waals surface area (Å²) in [4.78, 5) is 33.6. The highest BCUT2D eigenvalue weighted by molar-refractivity contribution is 9.10. The minimum absolute atomic E-state index is 0.0708. The molecule has 6 aromatic rings. The van der Waals surface area contributed by atoms with E-state index < -0.39 is 0 Å². The van der Waals surface area contributed by atoms with Crippen LogP contribution >= 0.6 is 27.5 Å². The number of imidazole rings is 2. The second-order valence-corrected chi connectivity index (χ2v) is 10.6. The third-order valence-electron chi connectivity index (χ3n) is 6.83. The fourth-order valence-electron chi connectivity index (χ4n) is 4.72. The van der Waals surface area contributed by atoms with Gasteiger partial charge in [0.1, 0.15) is 27.0 Å². The molecule has 252 valence electrons. The molecule has 6 rings (SSSR count). The maximum atomic E-state index is 6.04. The lowest BCUT2D eigenvalue weighted by Crippen LogP contribution is -2.07. The largest absolute Gasteiger partial charge is 0.491 e. The smallest absolute Gasteiger partial charge is 0.223 e. The number of hydrogen-bond acceptors (Lipinski definition) is 16. The van der Waals surface area contributed by atoms with E-state index >= 15 is 0 Å². The predicted molar refractivity (Wildman–Crippen MR) is 178 cm³/mol. The molecule has 4 N–H and O–H groups in total.